The molecule has 1 aromatic heterocycles. The lowest BCUT2D eigenvalue weighted by atomic mass is 10.0. The molecule has 19 heavy (non-hydrogen) atoms. The number of nitrogens with zero attached hydrogens (tertiary/aromatic N) is 1. The second-order valence-electron chi connectivity index (χ2n) is 4.51. The van der Waals surface area contributed by atoms with Crippen molar-refractivity contribution in [3.63, 3.8) is 0 Å². The van der Waals surface area contributed by atoms with Gasteiger partial charge in [0.1, 0.15) is 15.6 Å². The van der Waals surface area contributed by atoms with Gasteiger partial charge in [-0.2, -0.15) is 0 Å². The highest BCUT2D eigenvalue weighted by atomic mass is 32.2. The fraction of sp³-hybridized carbons (Fsp3) is 0.500. The second-order valence-corrected chi connectivity index (χ2v) is 6.63. The molecule has 1 heterocycles. The Kier molecular flexibility index (Phi) is 5.39. The number of rotatable bonds is 6. The van der Waals surface area contributed by atoms with Gasteiger partial charge in [0, 0.05) is 12.2 Å². The van der Waals surface area contributed by atoms with Crippen molar-refractivity contribution in [2.45, 2.75) is 38.1 Å². The Hall–Kier alpha value is -1.05. The number of thiocarbonyl (C=S) groups is 1. The number of pyridine rings is 1. The lowest BCUT2D eigenvalue weighted by Gasteiger charge is -2.20. The van der Waals surface area contributed by atoms with E-state index in [-0.39, 0.29) is 27.5 Å². The molecule has 0 bridgehead atoms. The van der Waals surface area contributed by atoms with Crippen molar-refractivity contribution in [2.75, 3.05) is 0 Å². The van der Waals surface area contributed by atoms with Crippen LogP contribution in [-0.2, 0) is 10.0 Å². The quantitative estimate of drug-likeness (QED) is 0.776. The number of hydrogen-bond acceptors (Lipinski definition) is 4. The predicted octanol–water partition coefficient (Wildman–Crippen LogP) is 1.43. The van der Waals surface area contributed by atoms with Gasteiger partial charge in [-0.1, -0.05) is 32.5 Å². The van der Waals surface area contributed by atoms with E-state index in [1.807, 2.05) is 20.8 Å². The molecule has 0 radical (unpaired) electrons. The van der Waals surface area contributed by atoms with Crippen LogP contribution < -0.4 is 10.5 Å². The van der Waals surface area contributed by atoms with Gasteiger partial charge in [-0.05, 0) is 25.0 Å². The lowest BCUT2D eigenvalue weighted by molar-refractivity contribution is 0.434. The van der Waals surface area contributed by atoms with Crippen LogP contribution in [0.15, 0.2) is 23.2 Å². The largest absolute Gasteiger partial charge is 0.388 e. The maximum absolute atomic E-state index is 12.3. The van der Waals surface area contributed by atoms with E-state index in [9.17, 15) is 8.42 Å². The SMILES string of the molecule is CCC(C)C(C)NS(=O)(=O)c1cccnc1C(N)=S. The van der Waals surface area contributed by atoms with Gasteiger partial charge < -0.3 is 5.73 Å². The van der Waals surface area contributed by atoms with Gasteiger partial charge >= 0.3 is 0 Å². The molecule has 1 rings (SSSR count). The molecule has 0 spiro atoms. The molecule has 7 heteroatoms. The summed E-state index contributed by atoms with van der Waals surface area (Å²) in [4.78, 5) is 3.93. The molecule has 106 valence electrons. The topological polar surface area (TPSA) is 85.1 Å². The summed E-state index contributed by atoms with van der Waals surface area (Å²) in [6.45, 7) is 5.84. The number of sulfonamides is 1. The molecule has 0 aromatic carbocycles. The van der Waals surface area contributed by atoms with Crippen LogP contribution in [0.2, 0.25) is 0 Å². The summed E-state index contributed by atoms with van der Waals surface area (Å²) in [7, 11) is -3.67. The zero-order chi connectivity index (χ0) is 14.6. The Morgan fingerprint density at radius 3 is 2.68 bits per heavy atom. The Balaban J connectivity index is 3.11. The zero-order valence-corrected chi connectivity index (χ0v) is 12.9. The van der Waals surface area contributed by atoms with E-state index >= 15 is 0 Å². The van der Waals surface area contributed by atoms with Gasteiger partial charge in [-0.25, -0.2) is 13.1 Å². The first-order valence-electron chi connectivity index (χ1n) is 6.06. The van der Waals surface area contributed by atoms with Crippen molar-refractivity contribution in [1.82, 2.24) is 9.71 Å². The van der Waals surface area contributed by atoms with Crippen molar-refractivity contribution in [1.29, 1.82) is 0 Å². The lowest BCUT2D eigenvalue weighted by Crippen LogP contribution is -2.37. The number of nitrogens with one attached hydrogen (secondary N) is 1. The van der Waals surface area contributed by atoms with E-state index in [1.54, 1.807) is 6.07 Å². The van der Waals surface area contributed by atoms with Crippen LogP contribution in [0.3, 0.4) is 0 Å². The van der Waals surface area contributed by atoms with Gasteiger partial charge in [0.25, 0.3) is 0 Å². The average molecular weight is 301 g/mol. The van der Waals surface area contributed by atoms with Gasteiger partial charge in [0.05, 0.1) is 0 Å². The minimum absolute atomic E-state index is 0.0256. The Bertz CT molecular complexity index is 558. The number of hydrogen-bond donors (Lipinski definition) is 2. The first-order valence-corrected chi connectivity index (χ1v) is 7.96. The summed E-state index contributed by atoms with van der Waals surface area (Å²) < 4.78 is 27.3. The molecule has 0 fully saturated rings. The Labute approximate surface area is 119 Å². The van der Waals surface area contributed by atoms with Crippen LogP contribution in [0.4, 0.5) is 0 Å². The van der Waals surface area contributed by atoms with Crippen molar-refractivity contribution < 1.29 is 8.42 Å². The summed E-state index contributed by atoms with van der Waals surface area (Å²) in [5.74, 6) is 0.236. The number of aromatic nitrogens is 1. The van der Waals surface area contributed by atoms with E-state index < -0.39 is 10.0 Å². The van der Waals surface area contributed by atoms with Gasteiger partial charge in [0.2, 0.25) is 10.0 Å². The highest BCUT2D eigenvalue weighted by Crippen LogP contribution is 2.16. The summed E-state index contributed by atoms with van der Waals surface area (Å²) >= 11 is 4.83. The van der Waals surface area contributed by atoms with E-state index in [4.69, 9.17) is 18.0 Å². The summed E-state index contributed by atoms with van der Waals surface area (Å²) in [5, 5.41) is 0. The van der Waals surface area contributed by atoms with Crippen molar-refractivity contribution in [3.8, 4) is 0 Å². The van der Waals surface area contributed by atoms with E-state index in [2.05, 4.69) is 9.71 Å². The molecule has 5 nitrogen and oxygen atoms in total. The van der Waals surface area contributed by atoms with Crippen LogP contribution in [0, 0.1) is 5.92 Å². The predicted molar refractivity (Wildman–Crippen MR) is 79.4 cm³/mol. The Morgan fingerprint density at radius 1 is 1.53 bits per heavy atom. The first-order chi connectivity index (χ1) is 8.79. The van der Waals surface area contributed by atoms with Crippen molar-refractivity contribution >= 4 is 27.2 Å². The maximum atomic E-state index is 12.3. The molecule has 2 atom stereocenters. The summed E-state index contributed by atoms with van der Waals surface area (Å²) in [6.07, 6.45) is 2.35. The molecule has 2 unspecified atom stereocenters. The molecule has 0 aliphatic heterocycles. The monoisotopic (exact) mass is 301 g/mol. The van der Waals surface area contributed by atoms with Gasteiger partial charge in [-0.3, -0.25) is 4.98 Å². The third-order valence-electron chi connectivity index (χ3n) is 3.13. The average Bonchev–Trinajstić information content (AvgIpc) is 2.37. The second kappa shape index (κ2) is 6.40. The first kappa shape index (κ1) is 16.0. The van der Waals surface area contributed by atoms with Crippen LogP contribution >= 0.6 is 12.2 Å². The summed E-state index contributed by atoms with van der Waals surface area (Å²) in [6, 6.07) is 2.83. The highest BCUT2D eigenvalue weighted by molar-refractivity contribution is 7.89. The third-order valence-corrected chi connectivity index (χ3v) is 4.92. The molecule has 3 N–H and O–H groups in total. The van der Waals surface area contributed by atoms with Crippen LogP contribution in [0.5, 0.6) is 0 Å². The van der Waals surface area contributed by atoms with Crippen LogP contribution in [0.25, 0.3) is 0 Å². The minimum Gasteiger partial charge on any atom is -0.388 e. The van der Waals surface area contributed by atoms with Crippen LogP contribution in [-0.4, -0.2) is 24.4 Å². The standard InChI is InChI=1S/C12H19N3O2S2/c1-4-8(2)9(3)15-19(16,17)10-6-5-7-14-11(10)12(13)18/h5-9,15H,4H2,1-3H3,(H2,13,18). The third kappa shape index (κ3) is 3.95. The van der Waals surface area contributed by atoms with E-state index in [0.29, 0.717) is 0 Å². The fourth-order valence-electron chi connectivity index (χ4n) is 1.57. The molecule has 0 aliphatic carbocycles. The molecular weight excluding hydrogens is 282 g/mol. The minimum atomic E-state index is -3.67. The van der Waals surface area contributed by atoms with Gasteiger partial charge in [0.15, 0.2) is 0 Å². The molecule has 0 amide bonds. The summed E-state index contributed by atoms with van der Waals surface area (Å²) in [5.41, 5.74) is 5.63. The Morgan fingerprint density at radius 2 is 2.16 bits per heavy atom. The normalized spacial score (nSPS) is 14.9. The van der Waals surface area contributed by atoms with Crippen molar-refractivity contribution in [2.24, 2.45) is 11.7 Å². The molecule has 0 saturated heterocycles. The molecule has 0 saturated carbocycles. The number of nitrogens with two attached hydrogens (primary N) is 1. The van der Waals surface area contributed by atoms with Gasteiger partial charge in [-0.15, -0.1) is 0 Å². The van der Waals surface area contributed by atoms with Crippen LogP contribution in [0.1, 0.15) is 32.9 Å². The fourth-order valence-corrected chi connectivity index (χ4v) is 3.32. The molecule has 0 aliphatic rings. The highest BCUT2D eigenvalue weighted by Gasteiger charge is 2.24. The van der Waals surface area contributed by atoms with Crippen molar-refractivity contribution in [3.05, 3.63) is 24.0 Å². The molecule has 1 aromatic rings. The van der Waals surface area contributed by atoms with E-state index in [1.165, 1.54) is 12.3 Å². The molecular formula is C12H19N3O2S2. The smallest absolute Gasteiger partial charge is 0.243 e. The maximum Gasteiger partial charge on any atom is 0.243 e. The zero-order valence-electron chi connectivity index (χ0n) is 11.3. The van der Waals surface area contributed by atoms with E-state index in [0.717, 1.165) is 6.42 Å².